The number of nitrogens with two attached hydrogens (primary N) is 1. The van der Waals surface area contributed by atoms with Crippen LogP contribution in [0.25, 0.3) is 11.0 Å². The zero-order chi connectivity index (χ0) is 17.1. The maximum atomic E-state index is 12.6. The largest absolute Gasteiger partial charge is 0.462 e. The Kier molecular flexibility index (Phi) is 4.61. The third-order valence-corrected chi connectivity index (χ3v) is 4.72. The quantitative estimate of drug-likeness (QED) is 0.548. The highest BCUT2D eigenvalue weighted by Crippen LogP contribution is 2.20. The van der Waals surface area contributed by atoms with E-state index in [1.165, 1.54) is 0 Å². The molecular weight excluding hydrogens is 326 g/mol. The summed E-state index contributed by atoms with van der Waals surface area (Å²) in [5.74, 6) is -0.257. The molecule has 124 valence electrons. The van der Waals surface area contributed by atoms with Gasteiger partial charge in [-0.15, -0.1) is 0 Å². The number of anilines is 1. The van der Waals surface area contributed by atoms with E-state index in [9.17, 15) is 9.00 Å². The van der Waals surface area contributed by atoms with Crippen LogP contribution in [0.3, 0.4) is 0 Å². The van der Waals surface area contributed by atoms with Crippen LogP contribution in [0.2, 0.25) is 0 Å². The SMILES string of the molecule is CCOC(=O)c1ccc(N)c(CS(=O)c2nc3ccccc3[nH]2)c1. The number of imidazole rings is 1. The minimum Gasteiger partial charge on any atom is -0.462 e. The van der Waals surface area contributed by atoms with Gasteiger partial charge in [-0.05, 0) is 42.8 Å². The molecular formula is C17H17N3O3S. The summed E-state index contributed by atoms with van der Waals surface area (Å²) in [6.45, 7) is 2.04. The molecule has 1 unspecified atom stereocenters. The van der Waals surface area contributed by atoms with Gasteiger partial charge in [-0.3, -0.25) is 4.21 Å². The number of carbonyl (C=O) groups excluding carboxylic acids is 1. The molecule has 0 aliphatic rings. The van der Waals surface area contributed by atoms with Crippen molar-refractivity contribution < 1.29 is 13.7 Å². The van der Waals surface area contributed by atoms with E-state index in [4.69, 9.17) is 10.5 Å². The second-order valence-electron chi connectivity index (χ2n) is 5.18. The van der Waals surface area contributed by atoms with E-state index in [2.05, 4.69) is 9.97 Å². The Morgan fingerprint density at radius 1 is 1.29 bits per heavy atom. The van der Waals surface area contributed by atoms with Gasteiger partial charge in [-0.25, -0.2) is 9.78 Å². The molecule has 0 bridgehead atoms. The Labute approximate surface area is 141 Å². The molecule has 0 saturated heterocycles. The van der Waals surface area contributed by atoms with Crippen molar-refractivity contribution >= 4 is 33.5 Å². The van der Waals surface area contributed by atoms with Crippen LogP contribution in [0.4, 0.5) is 5.69 Å². The predicted molar refractivity (Wildman–Crippen MR) is 93.0 cm³/mol. The number of fused-ring (bicyclic) bond motifs is 1. The van der Waals surface area contributed by atoms with Crippen LogP contribution in [-0.2, 0) is 21.3 Å². The van der Waals surface area contributed by atoms with Gasteiger partial charge >= 0.3 is 5.97 Å². The molecule has 3 N–H and O–H groups in total. The molecule has 7 heteroatoms. The summed E-state index contributed by atoms with van der Waals surface area (Å²) in [6.07, 6.45) is 0. The number of hydrogen-bond acceptors (Lipinski definition) is 5. The summed E-state index contributed by atoms with van der Waals surface area (Å²) in [4.78, 5) is 19.2. The molecule has 3 aromatic rings. The second-order valence-corrected chi connectivity index (χ2v) is 6.55. The van der Waals surface area contributed by atoms with Crippen LogP contribution in [0, 0.1) is 0 Å². The first-order valence-corrected chi connectivity index (χ1v) is 8.79. The van der Waals surface area contributed by atoms with Gasteiger partial charge in [0.2, 0.25) is 0 Å². The highest BCUT2D eigenvalue weighted by Gasteiger charge is 2.15. The van der Waals surface area contributed by atoms with Crippen molar-refractivity contribution in [3.05, 3.63) is 53.6 Å². The van der Waals surface area contributed by atoms with Crippen molar-refractivity contribution in [1.29, 1.82) is 0 Å². The molecule has 0 amide bonds. The summed E-state index contributed by atoms with van der Waals surface area (Å²) in [7, 11) is -1.40. The minimum absolute atomic E-state index is 0.166. The first kappa shape index (κ1) is 16.2. The van der Waals surface area contributed by atoms with Gasteiger partial charge in [0.25, 0.3) is 0 Å². The Hall–Kier alpha value is -2.67. The molecule has 3 rings (SSSR count). The lowest BCUT2D eigenvalue weighted by Crippen LogP contribution is -2.08. The number of benzene rings is 2. The summed E-state index contributed by atoms with van der Waals surface area (Å²) in [6, 6.07) is 12.3. The van der Waals surface area contributed by atoms with E-state index < -0.39 is 16.8 Å². The Balaban J connectivity index is 1.85. The van der Waals surface area contributed by atoms with Gasteiger partial charge in [-0.1, -0.05) is 12.1 Å². The van der Waals surface area contributed by atoms with Crippen LogP contribution >= 0.6 is 0 Å². The number of nitrogen functional groups attached to an aromatic ring is 1. The van der Waals surface area contributed by atoms with Crippen LogP contribution in [0.1, 0.15) is 22.8 Å². The maximum absolute atomic E-state index is 12.6. The number of carbonyl (C=O) groups is 1. The first-order valence-electron chi connectivity index (χ1n) is 7.47. The van der Waals surface area contributed by atoms with Crippen LogP contribution < -0.4 is 5.73 Å². The first-order chi connectivity index (χ1) is 11.6. The summed E-state index contributed by atoms with van der Waals surface area (Å²) < 4.78 is 17.6. The van der Waals surface area contributed by atoms with Crippen molar-refractivity contribution in [2.75, 3.05) is 12.3 Å². The lowest BCUT2D eigenvalue weighted by Gasteiger charge is -2.07. The predicted octanol–water partition coefficient (Wildman–Crippen LogP) is 2.63. The van der Waals surface area contributed by atoms with Crippen molar-refractivity contribution in [2.45, 2.75) is 17.8 Å². The molecule has 6 nitrogen and oxygen atoms in total. The highest BCUT2D eigenvalue weighted by molar-refractivity contribution is 7.84. The average Bonchev–Trinajstić information content (AvgIpc) is 3.01. The summed E-state index contributed by atoms with van der Waals surface area (Å²) in [5, 5.41) is 0.386. The summed E-state index contributed by atoms with van der Waals surface area (Å²) in [5.41, 5.74) is 9.03. The molecule has 2 aromatic carbocycles. The number of ether oxygens (including phenoxy) is 1. The number of esters is 1. The van der Waals surface area contributed by atoms with Crippen LogP contribution in [0.5, 0.6) is 0 Å². The lowest BCUT2D eigenvalue weighted by atomic mass is 10.1. The molecule has 0 aliphatic carbocycles. The molecule has 1 heterocycles. The number of aromatic nitrogens is 2. The average molecular weight is 343 g/mol. The minimum atomic E-state index is -1.40. The normalized spacial score (nSPS) is 12.2. The van der Waals surface area contributed by atoms with Gasteiger partial charge in [-0.2, -0.15) is 0 Å². The maximum Gasteiger partial charge on any atom is 0.338 e. The van der Waals surface area contributed by atoms with Crippen molar-refractivity contribution in [2.24, 2.45) is 0 Å². The standard InChI is InChI=1S/C17H17N3O3S/c1-2-23-16(21)11-7-8-13(18)12(9-11)10-24(22)17-19-14-5-3-4-6-15(14)20-17/h3-9H,2,10,18H2,1H3,(H,19,20). The monoisotopic (exact) mass is 343 g/mol. The molecule has 1 aromatic heterocycles. The van der Waals surface area contributed by atoms with Gasteiger partial charge in [0, 0.05) is 5.69 Å². The van der Waals surface area contributed by atoms with Crippen LogP contribution in [0.15, 0.2) is 47.6 Å². The van der Waals surface area contributed by atoms with E-state index in [0.29, 0.717) is 28.6 Å². The Morgan fingerprint density at radius 2 is 2.08 bits per heavy atom. The number of aromatic amines is 1. The van der Waals surface area contributed by atoms with E-state index in [1.54, 1.807) is 25.1 Å². The third-order valence-electron chi connectivity index (χ3n) is 3.52. The Morgan fingerprint density at radius 3 is 2.83 bits per heavy atom. The fourth-order valence-electron chi connectivity index (χ4n) is 2.32. The van der Waals surface area contributed by atoms with Crippen LogP contribution in [-0.4, -0.2) is 26.8 Å². The van der Waals surface area contributed by atoms with Gasteiger partial charge in [0.15, 0.2) is 5.16 Å². The van der Waals surface area contributed by atoms with E-state index in [0.717, 1.165) is 11.0 Å². The number of H-pyrrole nitrogens is 1. The van der Waals surface area contributed by atoms with Gasteiger partial charge in [0.1, 0.15) is 0 Å². The van der Waals surface area contributed by atoms with Gasteiger partial charge in [0.05, 0.1) is 39.8 Å². The topological polar surface area (TPSA) is 98.1 Å². The molecule has 24 heavy (non-hydrogen) atoms. The zero-order valence-corrected chi connectivity index (χ0v) is 13.9. The molecule has 0 radical (unpaired) electrons. The second kappa shape index (κ2) is 6.84. The Bertz CT molecular complexity index is 887. The fourth-order valence-corrected chi connectivity index (χ4v) is 3.41. The fraction of sp³-hybridized carbons (Fsp3) is 0.176. The number of nitrogens with zero attached hydrogens (tertiary/aromatic N) is 1. The molecule has 1 atom stereocenters. The van der Waals surface area contributed by atoms with Gasteiger partial charge < -0.3 is 15.5 Å². The number of nitrogens with one attached hydrogen (secondary N) is 1. The number of hydrogen-bond donors (Lipinski definition) is 2. The number of para-hydroxylation sites is 2. The molecule has 0 saturated carbocycles. The summed E-state index contributed by atoms with van der Waals surface area (Å²) >= 11 is 0. The molecule has 0 fully saturated rings. The number of rotatable bonds is 5. The van der Waals surface area contributed by atoms with Crippen molar-refractivity contribution in [3.63, 3.8) is 0 Å². The smallest absolute Gasteiger partial charge is 0.338 e. The highest BCUT2D eigenvalue weighted by atomic mass is 32.2. The van der Waals surface area contributed by atoms with E-state index >= 15 is 0 Å². The van der Waals surface area contributed by atoms with Crippen molar-refractivity contribution in [3.8, 4) is 0 Å². The third kappa shape index (κ3) is 3.30. The van der Waals surface area contributed by atoms with E-state index in [1.807, 2.05) is 24.3 Å². The van der Waals surface area contributed by atoms with Crippen molar-refractivity contribution in [1.82, 2.24) is 9.97 Å². The lowest BCUT2D eigenvalue weighted by molar-refractivity contribution is 0.0526. The zero-order valence-electron chi connectivity index (χ0n) is 13.1. The van der Waals surface area contributed by atoms with E-state index in [-0.39, 0.29) is 5.75 Å². The molecule has 0 spiro atoms. The molecule has 0 aliphatic heterocycles.